The van der Waals surface area contributed by atoms with Gasteiger partial charge in [-0.25, -0.2) is 0 Å². The number of rotatable bonds is 6. The van der Waals surface area contributed by atoms with Gasteiger partial charge in [0, 0.05) is 16.6 Å². The molecule has 3 nitrogen and oxygen atoms in total. The molecule has 1 N–H and O–H groups in total. The van der Waals surface area contributed by atoms with Crippen molar-refractivity contribution >= 4 is 29.1 Å². The van der Waals surface area contributed by atoms with Gasteiger partial charge in [-0.05, 0) is 55.2 Å². The quantitative estimate of drug-likeness (QED) is 0.774. The normalized spacial score (nSPS) is 11.9. The van der Waals surface area contributed by atoms with Crippen molar-refractivity contribution in [1.82, 2.24) is 5.32 Å². The maximum atomic E-state index is 12.4. The van der Waals surface area contributed by atoms with Crippen LogP contribution in [-0.2, 0) is 11.3 Å². The molecule has 2 rings (SSSR count). The smallest absolute Gasteiger partial charge is 0.261 e. The van der Waals surface area contributed by atoms with Crippen molar-refractivity contribution in [3.8, 4) is 5.75 Å². The fourth-order valence-electron chi connectivity index (χ4n) is 2.40. The van der Waals surface area contributed by atoms with E-state index in [1.807, 2.05) is 51.1 Å². The topological polar surface area (TPSA) is 38.3 Å². The van der Waals surface area contributed by atoms with E-state index in [-0.39, 0.29) is 5.91 Å². The van der Waals surface area contributed by atoms with Gasteiger partial charge in [-0.1, -0.05) is 48.3 Å². The van der Waals surface area contributed by atoms with E-state index in [0.717, 1.165) is 21.7 Å². The summed E-state index contributed by atoms with van der Waals surface area (Å²) in [6.07, 6.45) is 0.00203. The van der Waals surface area contributed by atoms with Crippen molar-refractivity contribution in [2.75, 3.05) is 0 Å². The number of aryl methyl sites for hydroxylation is 2. The van der Waals surface area contributed by atoms with Crippen LogP contribution < -0.4 is 10.1 Å². The first-order valence-electron chi connectivity index (χ1n) is 7.87. The molecular formula is C19H21Cl2NO2. The maximum absolute atomic E-state index is 12.4. The third-order valence-corrected chi connectivity index (χ3v) is 4.73. The Morgan fingerprint density at radius 1 is 1.17 bits per heavy atom. The van der Waals surface area contributed by atoms with Gasteiger partial charge in [-0.3, -0.25) is 4.79 Å². The Morgan fingerprint density at radius 2 is 1.79 bits per heavy atom. The van der Waals surface area contributed by atoms with Crippen LogP contribution in [0, 0.1) is 13.8 Å². The zero-order valence-electron chi connectivity index (χ0n) is 14.0. The predicted octanol–water partition coefficient (Wildman–Crippen LogP) is 5.08. The summed E-state index contributed by atoms with van der Waals surface area (Å²) in [6, 6.07) is 11.1. The highest BCUT2D eigenvalue weighted by Gasteiger charge is 2.19. The molecule has 0 aliphatic rings. The number of hydrogen-bond donors (Lipinski definition) is 1. The zero-order chi connectivity index (χ0) is 17.7. The van der Waals surface area contributed by atoms with Crippen LogP contribution in [0.25, 0.3) is 0 Å². The van der Waals surface area contributed by atoms with E-state index in [1.54, 1.807) is 6.07 Å². The molecule has 1 amide bonds. The van der Waals surface area contributed by atoms with Crippen LogP contribution in [0.5, 0.6) is 5.75 Å². The highest BCUT2D eigenvalue weighted by atomic mass is 35.5. The van der Waals surface area contributed by atoms with Crippen molar-refractivity contribution in [2.24, 2.45) is 0 Å². The Labute approximate surface area is 152 Å². The molecule has 24 heavy (non-hydrogen) atoms. The lowest BCUT2D eigenvalue weighted by Crippen LogP contribution is -2.37. The number of amides is 1. The lowest BCUT2D eigenvalue weighted by Gasteiger charge is -2.18. The summed E-state index contributed by atoms with van der Waals surface area (Å²) in [4.78, 5) is 12.4. The van der Waals surface area contributed by atoms with Gasteiger partial charge in [0.15, 0.2) is 6.10 Å². The molecule has 1 unspecified atom stereocenters. The minimum atomic E-state index is -0.563. The second-order valence-electron chi connectivity index (χ2n) is 5.70. The fourth-order valence-corrected chi connectivity index (χ4v) is 2.71. The second-order valence-corrected chi connectivity index (χ2v) is 6.48. The number of benzene rings is 2. The minimum Gasteiger partial charge on any atom is -0.481 e. The molecule has 0 saturated carbocycles. The summed E-state index contributed by atoms with van der Waals surface area (Å²) in [7, 11) is 0. The fraction of sp³-hybridized carbons (Fsp3) is 0.316. The summed E-state index contributed by atoms with van der Waals surface area (Å²) in [5, 5.41) is 4.23. The molecule has 128 valence electrons. The lowest BCUT2D eigenvalue weighted by molar-refractivity contribution is -0.128. The average molecular weight is 366 g/mol. The molecular weight excluding hydrogens is 345 g/mol. The Hall–Kier alpha value is -1.71. The molecule has 0 saturated heterocycles. The van der Waals surface area contributed by atoms with E-state index in [1.165, 1.54) is 0 Å². The molecule has 0 spiro atoms. The summed E-state index contributed by atoms with van der Waals surface area (Å²) in [5.41, 5.74) is 2.73. The van der Waals surface area contributed by atoms with Crippen molar-refractivity contribution in [3.63, 3.8) is 0 Å². The van der Waals surface area contributed by atoms with Crippen LogP contribution in [0.1, 0.15) is 30.0 Å². The summed E-state index contributed by atoms with van der Waals surface area (Å²) >= 11 is 12.3. The molecule has 5 heteroatoms. The summed E-state index contributed by atoms with van der Waals surface area (Å²) < 4.78 is 5.86. The zero-order valence-corrected chi connectivity index (χ0v) is 15.5. The van der Waals surface area contributed by atoms with Crippen molar-refractivity contribution < 1.29 is 9.53 Å². The van der Waals surface area contributed by atoms with E-state index in [4.69, 9.17) is 27.9 Å². The van der Waals surface area contributed by atoms with Gasteiger partial charge in [0.25, 0.3) is 5.91 Å². The van der Waals surface area contributed by atoms with Crippen molar-refractivity contribution in [3.05, 3.63) is 63.1 Å². The highest BCUT2D eigenvalue weighted by Crippen LogP contribution is 2.26. The first-order chi connectivity index (χ1) is 11.4. The number of ether oxygens (including phenoxy) is 1. The number of carbonyl (C=O) groups is 1. The molecule has 2 aromatic carbocycles. The molecule has 2 aromatic rings. The molecule has 0 aromatic heterocycles. The van der Waals surface area contributed by atoms with E-state index >= 15 is 0 Å². The monoisotopic (exact) mass is 365 g/mol. The molecule has 1 atom stereocenters. The first kappa shape index (κ1) is 18.6. The minimum absolute atomic E-state index is 0.164. The molecule has 0 fully saturated rings. The van der Waals surface area contributed by atoms with Gasteiger partial charge in [-0.15, -0.1) is 0 Å². The van der Waals surface area contributed by atoms with Crippen LogP contribution in [0.2, 0.25) is 10.0 Å². The van der Waals surface area contributed by atoms with Crippen LogP contribution in [0.3, 0.4) is 0 Å². The standard InChI is InChI=1S/C19H21Cl2NO2/c1-4-17(24-15-9-12(2)18(21)13(3)10-15)19(23)22-11-14-7-5-6-8-16(14)20/h5-10,17H,4,11H2,1-3H3,(H,22,23). The van der Waals surface area contributed by atoms with E-state index in [0.29, 0.717) is 23.7 Å². The molecule has 0 bridgehead atoms. The van der Waals surface area contributed by atoms with Gasteiger partial charge in [0.05, 0.1) is 0 Å². The van der Waals surface area contributed by atoms with Gasteiger partial charge < -0.3 is 10.1 Å². The number of carbonyl (C=O) groups excluding carboxylic acids is 1. The predicted molar refractivity (Wildman–Crippen MR) is 98.9 cm³/mol. The Morgan fingerprint density at radius 3 is 2.38 bits per heavy atom. The molecule has 0 heterocycles. The summed E-state index contributed by atoms with van der Waals surface area (Å²) in [6.45, 7) is 6.12. The summed E-state index contributed by atoms with van der Waals surface area (Å²) in [5.74, 6) is 0.483. The van der Waals surface area contributed by atoms with Crippen LogP contribution in [0.15, 0.2) is 36.4 Å². The van der Waals surface area contributed by atoms with Crippen molar-refractivity contribution in [2.45, 2.75) is 39.8 Å². The lowest BCUT2D eigenvalue weighted by atomic mass is 10.1. The van der Waals surface area contributed by atoms with Crippen molar-refractivity contribution in [1.29, 1.82) is 0 Å². The van der Waals surface area contributed by atoms with Crippen LogP contribution in [0.4, 0.5) is 0 Å². The molecule has 0 aliphatic heterocycles. The van der Waals surface area contributed by atoms with E-state index in [2.05, 4.69) is 5.32 Å². The van der Waals surface area contributed by atoms with E-state index in [9.17, 15) is 4.79 Å². The molecule has 0 aliphatic carbocycles. The number of halogens is 2. The largest absolute Gasteiger partial charge is 0.481 e. The first-order valence-corrected chi connectivity index (χ1v) is 8.62. The Kier molecular flexibility index (Phi) is 6.52. The number of nitrogens with one attached hydrogen (secondary N) is 1. The third-order valence-electron chi connectivity index (χ3n) is 3.76. The number of hydrogen-bond acceptors (Lipinski definition) is 2. The van der Waals surface area contributed by atoms with Gasteiger partial charge >= 0.3 is 0 Å². The van der Waals surface area contributed by atoms with Crippen LogP contribution in [-0.4, -0.2) is 12.0 Å². The average Bonchev–Trinajstić information content (AvgIpc) is 2.56. The SMILES string of the molecule is CCC(Oc1cc(C)c(Cl)c(C)c1)C(=O)NCc1ccccc1Cl. The Balaban J connectivity index is 2.03. The third kappa shape index (κ3) is 4.65. The maximum Gasteiger partial charge on any atom is 0.261 e. The van der Waals surface area contributed by atoms with Gasteiger partial charge in [0.1, 0.15) is 5.75 Å². The van der Waals surface area contributed by atoms with Gasteiger partial charge in [-0.2, -0.15) is 0 Å². The Bertz CT molecular complexity index is 708. The van der Waals surface area contributed by atoms with E-state index < -0.39 is 6.10 Å². The van der Waals surface area contributed by atoms with Gasteiger partial charge in [0.2, 0.25) is 0 Å². The van der Waals surface area contributed by atoms with Crippen LogP contribution >= 0.6 is 23.2 Å². The second kappa shape index (κ2) is 8.41. The highest BCUT2D eigenvalue weighted by molar-refractivity contribution is 6.32. The molecule has 0 radical (unpaired) electrons.